The van der Waals surface area contributed by atoms with Crippen molar-refractivity contribution in [3.63, 3.8) is 0 Å². The minimum atomic E-state index is -1.07. The number of hydrogen-bond donors (Lipinski definition) is 2. The van der Waals surface area contributed by atoms with Crippen LogP contribution in [0.3, 0.4) is 0 Å². The zero-order chi connectivity index (χ0) is 12.4. The van der Waals surface area contributed by atoms with Crippen molar-refractivity contribution in [1.29, 1.82) is 0 Å². The average molecular weight is 232 g/mol. The van der Waals surface area contributed by atoms with E-state index >= 15 is 0 Å². The molecule has 2 aromatic rings. The number of methoxy groups -OCH3 is 1. The fraction of sp³-hybridized carbons (Fsp3) is 0.167. The molecule has 0 atom stereocenters. The SMILES string of the molecule is COc1ccc(-c2cnc(C(=O)O)[nH]2)cc1C. The van der Waals surface area contributed by atoms with Crippen LogP contribution in [0.5, 0.6) is 5.75 Å². The normalized spacial score (nSPS) is 10.2. The number of ether oxygens (including phenoxy) is 1. The van der Waals surface area contributed by atoms with Gasteiger partial charge in [-0.15, -0.1) is 0 Å². The molecule has 1 heterocycles. The Morgan fingerprint density at radius 2 is 2.24 bits per heavy atom. The van der Waals surface area contributed by atoms with Crippen LogP contribution in [0, 0.1) is 6.92 Å². The number of rotatable bonds is 3. The van der Waals surface area contributed by atoms with E-state index in [0.717, 1.165) is 16.9 Å². The van der Waals surface area contributed by atoms with Crippen LogP contribution in [-0.2, 0) is 0 Å². The van der Waals surface area contributed by atoms with Crippen molar-refractivity contribution in [2.75, 3.05) is 7.11 Å². The summed E-state index contributed by atoms with van der Waals surface area (Å²) in [6, 6.07) is 5.61. The van der Waals surface area contributed by atoms with E-state index in [9.17, 15) is 4.79 Å². The average Bonchev–Trinajstić information content (AvgIpc) is 2.78. The summed E-state index contributed by atoms with van der Waals surface area (Å²) < 4.78 is 5.16. The summed E-state index contributed by atoms with van der Waals surface area (Å²) >= 11 is 0. The number of nitrogens with zero attached hydrogens (tertiary/aromatic N) is 1. The van der Waals surface area contributed by atoms with Crippen molar-refractivity contribution in [1.82, 2.24) is 9.97 Å². The van der Waals surface area contributed by atoms with Crippen molar-refractivity contribution < 1.29 is 14.6 Å². The first kappa shape index (κ1) is 11.2. The maximum atomic E-state index is 10.7. The van der Waals surface area contributed by atoms with Crippen LogP contribution in [-0.4, -0.2) is 28.2 Å². The van der Waals surface area contributed by atoms with Crippen LogP contribution in [0.2, 0.25) is 0 Å². The molecule has 0 aliphatic rings. The minimum absolute atomic E-state index is 0.0616. The second kappa shape index (κ2) is 4.29. The first-order valence-corrected chi connectivity index (χ1v) is 5.05. The highest BCUT2D eigenvalue weighted by Crippen LogP contribution is 2.24. The lowest BCUT2D eigenvalue weighted by atomic mass is 10.1. The van der Waals surface area contributed by atoms with Gasteiger partial charge in [0.1, 0.15) is 5.75 Å². The predicted octanol–water partition coefficient (Wildman–Crippen LogP) is 2.09. The van der Waals surface area contributed by atoms with E-state index in [0.29, 0.717) is 5.69 Å². The van der Waals surface area contributed by atoms with Gasteiger partial charge >= 0.3 is 5.97 Å². The number of nitrogens with one attached hydrogen (secondary N) is 1. The molecule has 0 fully saturated rings. The Hall–Kier alpha value is -2.30. The molecular formula is C12H12N2O3. The van der Waals surface area contributed by atoms with Crippen molar-refractivity contribution in [3.8, 4) is 17.0 Å². The summed E-state index contributed by atoms with van der Waals surface area (Å²) in [7, 11) is 1.61. The summed E-state index contributed by atoms with van der Waals surface area (Å²) in [4.78, 5) is 17.2. The van der Waals surface area contributed by atoms with E-state index in [1.807, 2.05) is 25.1 Å². The number of carboxylic acids is 1. The number of carboxylic acid groups (broad SMARTS) is 1. The van der Waals surface area contributed by atoms with Crippen LogP contribution in [0.15, 0.2) is 24.4 Å². The van der Waals surface area contributed by atoms with Crippen molar-refractivity contribution >= 4 is 5.97 Å². The molecule has 5 heteroatoms. The molecule has 0 unspecified atom stereocenters. The fourth-order valence-corrected chi connectivity index (χ4v) is 1.62. The zero-order valence-corrected chi connectivity index (χ0v) is 9.52. The zero-order valence-electron chi connectivity index (χ0n) is 9.52. The van der Waals surface area contributed by atoms with E-state index in [1.54, 1.807) is 7.11 Å². The van der Waals surface area contributed by atoms with E-state index in [2.05, 4.69) is 9.97 Å². The third-order valence-electron chi connectivity index (χ3n) is 2.48. The van der Waals surface area contributed by atoms with Gasteiger partial charge in [-0.05, 0) is 30.7 Å². The van der Waals surface area contributed by atoms with Crippen molar-refractivity contribution in [2.45, 2.75) is 6.92 Å². The monoisotopic (exact) mass is 232 g/mol. The number of aromatic amines is 1. The van der Waals surface area contributed by atoms with Gasteiger partial charge in [-0.1, -0.05) is 0 Å². The number of carbonyl (C=O) groups is 1. The maximum Gasteiger partial charge on any atom is 0.371 e. The molecule has 0 saturated heterocycles. The third-order valence-corrected chi connectivity index (χ3v) is 2.48. The molecular weight excluding hydrogens is 220 g/mol. The first-order chi connectivity index (χ1) is 8.11. The number of aromatic carboxylic acids is 1. The number of aryl methyl sites for hydroxylation is 1. The molecule has 1 aromatic carbocycles. The topological polar surface area (TPSA) is 75.2 Å². The number of aromatic nitrogens is 2. The standard InChI is InChI=1S/C12H12N2O3/c1-7-5-8(3-4-10(7)17-2)9-6-13-11(14-9)12(15)16/h3-6H,1-2H3,(H,13,14)(H,15,16). The van der Waals surface area contributed by atoms with Gasteiger partial charge in [0.25, 0.3) is 0 Å². The van der Waals surface area contributed by atoms with Gasteiger partial charge < -0.3 is 14.8 Å². The molecule has 0 bridgehead atoms. The smallest absolute Gasteiger partial charge is 0.371 e. The lowest BCUT2D eigenvalue weighted by Gasteiger charge is -2.05. The second-order valence-electron chi connectivity index (χ2n) is 3.64. The molecule has 1 aromatic heterocycles. The highest BCUT2D eigenvalue weighted by molar-refractivity contribution is 5.84. The van der Waals surface area contributed by atoms with Crippen LogP contribution >= 0.6 is 0 Å². The highest BCUT2D eigenvalue weighted by Gasteiger charge is 2.09. The van der Waals surface area contributed by atoms with Gasteiger partial charge in [0, 0.05) is 5.56 Å². The quantitative estimate of drug-likeness (QED) is 0.849. The van der Waals surface area contributed by atoms with E-state index in [-0.39, 0.29) is 5.82 Å². The number of H-pyrrole nitrogens is 1. The Morgan fingerprint density at radius 1 is 1.47 bits per heavy atom. The van der Waals surface area contributed by atoms with Gasteiger partial charge in [-0.3, -0.25) is 0 Å². The van der Waals surface area contributed by atoms with E-state index < -0.39 is 5.97 Å². The Morgan fingerprint density at radius 3 is 2.76 bits per heavy atom. The molecule has 0 spiro atoms. The molecule has 88 valence electrons. The van der Waals surface area contributed by atoms with Crippen molar-refractivity contribution in [2.24, 2.45) is 0 Å². The largest absolute Gasteiger partial charge is 0.496 e. The molecule has 5 nitrogen and oxygen atoms in total. The van der Waals surface area contributed by atoms with Crippen LogP contribution in [0.1, 0.15) is 16.2 Å². The summed E-state index contributed by atoms with van der Waals surface area (Å²) in [5.74, 6) is -0.332. The number of benzene rings is 1. The molecule has 2 N–H and O–H groups in total. The fourth-order valence-electron chi connectivity index (χ4n) is 1.62. The molecule has 0 saturated carbocycles. The van der Waals surface area contributed by atoms with Gasteiger partial charge in [-0.25, -0.2) is 9.78 Å². The van der Waals surface area contributed by atoms with Gasteiger partial charge in [0.15, 0.2) is 0 Å². The second-order valence-corrected chi connectivity index (χ2v) is 3.64. The summed E-state index contributed by atoms with van der Waals surface area (Å²) in [6.07, 6.45) is 1.50. The van der Waals surface area contributed by atoms with Gasteiger partial charge in [0.05, 0.1) is 19.0 Å². The Kier molecular flexibility index (Phi) is 2.82. The first-order valence-electron chi connectivity index (χ1n) is 5.05. The summed E-state index contributed by atoms with van der Waals surface area (Å²) in [5.41, 5.74) is 2.54. The van der Waals surface area contributed by atoms with E-state index in [4.69, 9.17) is 9.84 Å². The van der Waals surface area contributed by atoms with Crippen LogP contribution in [0.4, 0.5) is 0 Å². The summed E-state index contributed by atoms with van der Waals surface area (Å²) in [6.45, 7) is 1.93. The Labute approximate surface area is 98.1 Å². The molecule has 0 radical (unpaired) electrons. The highest BCUT2D eigenvalue weighted by atomic mass is 16.5. The number of hydrogen-bond acceptors (Lipinski definition) is 3. The lowest BCUT2D eigenvalue weighted by molar-refractivity contribution is 0.0685. The Balaban J connectivity index is 2.39. The van der Waals surface area contributed by atoms with E-state index in [1.165, 1.54) is 6.20 Å². The molecule has 0 aliphatic heterocycles. The van der Waals surface area contributed by atoms with Crippen LogP contribution in [0.25, 0.3) is 11.3 Å². The molecule has 2 rings (SSSR count). The third kappa shape index (κ3) is 2.13. The Bertz CT molecular complexity index is 561. The minimum Gasteiger partial charge on any atom is -0.496 e. The van der Waals surface area contributed by atoms with Gasteiger partial charge in [0.2, 0.25) is 5.82 Å². The lowest BCUT2D eigenvalue weighted by Crippen LogP contribution is -1.98. The molecule has 0 aliphatic carbocycles. The number of imidazole rings is 1. The van der Waals surface area contributed by atoms with Gasteiger partial charge in [-0.2, -0.15) is 0 Å². The maximum absolute atomic E-state index is 10.7. The van der Waals surface area contributed by atoms with Crippen LogP contribution < -0.4 is 4.74 Å². The summed E-state index contributed by atoms with van der Waals surface area (Å²) in [5, 5.41) is 8.77. The molecule has 0 amide bonds. The molecule has 17 heavy (non-hydrogen) atoms. The van der Waals surface area contributed by atoms with Crippen molar-refractivity contribution in [3.05, 3.63) is 35.8 Å². The predicted molar refractivity (Wildman–Crippen MR) is 62.3 cm³/mol.